The van der Waals surface area contributed by atoms with Gasteiger partial charge in [0.05, 0.1) is 46.5 Å². The summed E-state index contributed by atoms with van der Waals surface area (Å²) in [5.41, 5.74) is 8.92. The molecule has 0 atom stereocenters. The van der Waals surface area contributed by atoms with Crippen LogP contribution in [-0.2, 0) is 11.3 Å². The third-order valence-corrected chi connectivity index (χ3v) is 8.07. The summed E-state index contributed by atoms with van der Waals surface area (Å²) in [6, 6.07) is 23.0. The molecule has 0 aliphatic rings. The Kier molecular flexibility index (Phi) is 11.7. The smallest absolute Gasteiger partial charge is 0.355 e. The number of anilines is 1. The highest BCUT2D eigenvalue weighted by molar-refractivity contribution is 6.08. The SMILES string of the molecule is COC(=O)c1c(-c2cc(OC)c(OC)c(OC)c2)c2cc(OC)c(OCc3ccnc4ccccc34)cc2c(=O)n1-c1ccc(N)cc1.Cl.Cl. The largest absolute Gasteiger partial charge is 0.493 e. The van der Waals surface area contributed by atoms with Gasteiger partial charge in [-0.2, -0.15) is 0 Å². The lowest BCUT2D eigenvalue weighted by Crippen LogP contribution is -2.27. The first kappa shape index (κ1) is 37.2. The van der Waals surface area contributed by atoms with Crippen molar-refractivity contribution in [2.24, 2.45) is 0 Å². The summed E-state index contributed by atoms with van der Waals surface area (Å²) in [7, 11) is 7.25. The Labute approximate surface area is 300 Å². The van der Waals surface area contributed by atoms with E-state index < -0.39 is 11.5 Å². The summed E-state index contributed by atoms with van der Waals surface area (Å²) in [6.45, 7) is 0.178. The molecule has 0 aliphatic carbocycles. The molecule has 260 valence electrons. The predicted molar refractivity (Wildman–Crippen MR) is 198 cm³/mol. The Morgan fingerprint density at radius 2 is 1.38 bits per heavy atom. The Hall–Kier alpha value is -5.65. The highest BCUT2D eigenvalue weighted by Gasteiger charge is 2.28. The number of nitrogens with two attached hydrogens (primary N) is 1. The van der Waals surface area contributed by atoms with E-state index in [1.807, 2.05) is 30.3 Å². The maximum absolute atomic E-state index is 14.5. The van der Waals surface area contributed by atoms with Crippen LogP contribution >= 0.6 is 24.8 Å². The van der Waals surface area contributed by atoms with Gasteiger partial charge in [0, 0.05) is 39.5 Å². The van der Waals surface area contributed by atoms with Crippen molar-refractivity contribution in [2.75, 3.05) is 41.3 Å². The number of esters is 1. The molecule has 11 nitrogen and oxygen atoms in total. The molecular formula is C37H35Cl2N3O8. The third-order valence-electron chi connectivity index (χ3n) is 8.07. The van der Waals surface area contributed by atoms with Crippen molar-refractivity contribution in [2.45, 2.75) is 6.61 Å². The number of para-hydroxylation sites is 1. The van der Waals surface area contributed by atoms with E-state index in [4.69, 9.17) is 34.2 Å². The zero-order chi connectivity index (χ0) is 33.9. The van der Waals surface area contributed by atoms with Gasteiger partial charge in [0.15, 0.2) is 23.0 Å². The molecule has 0 amide bonds. The van der Waals surface area contributed by atoms with Gasteiger partial charge in [-0.05, 0) is 66.2 Å². The number of methoxy groups -OCH3 is 5. The minimum absolute atomic E-state index is 0. The monoisotopic (exact) mass is 719 g/mol. The second-order valence-electron chi connectivity index (χ2n) is 10.7. The molecule has 4 aromatic carbocycles. The maximum Gasteiger partial charge on any atom is 0.355 e. The number of rotatable bonds is 10. The highest BCUT2D eigenvalue weighted by Crippen LogP contribution is 2.45. The lowest BCUT2D eigenvalue weighted by molar-refractivity contribution is 0.0591. The number of nitrogens with zero attached hydrogens (tertiary/aromatic N) is 2. The quantitative estimate of drug-likeness (QED) is 0.116. The van der Waals surface area contributed by atoms with Crippen LogP contribution in [0.4, 0.5) is 5.69 Å². The average molecular weight is 721 g/mol. The standard InChI is InChI=1S/C37H33N3O8.2ClH/c1-43-29-18-26-27(19-30(29)48-20-21-14-15-39-28-9-7-6-8-25(21)28)36(41)40(24-12-10-23(38)11-13-24)34(37(42)47-5)33(26)22-16-31(44-2)35(46-4)32(17-22)45-3;;/h6-19H,20,38H2,1-5H3;2*1H. The van der Waals surface area contributed by atoms with Gasteiger partial charge in [0.25, 0.3) is 5.56 Å². The van der Waals surface area contributed by atoms with Crippen LogP contribution in [0.2, 0.25) is 0 Å². The van der Waals surface area contributed by atoms with Crippen molar-refractivity contribution in [3.8, 4) is 45.6 Å². The summed E-state index contributed by atoms with van der Waals surface area (Å²) in [4.78, 5) is 32.7. The van der Waals surface area contributed by atoms with E-state index in [9.17, 15) is 9.59 Å². The van der Waals surface area contributed by atoms with Gasteiger partial charge in [-0.3, -0.25) is 14.3 Å². The molecule has 0 radical (unpaired) electrons. The molecule has 0 fully saturated rings. The van der Waals surface area contributed by atoms with Gasteiger partial charge in [-0.1, -0.05) is 18.2 Å². The van der Waals surface area contributed by atoms with Crippen LogP contribution in [-0.4, -0.2) is 51.1 Å². The molecule has 0 saturated heterocycles. The molecule has 50 heavy (non-hydrogen) atoms. The molecule has 6 aromatic rings. The number of hydrogen-bond donors (Lipinski definition) is 1. The lowest BCUT2D eigenvalue weighted by Gasteiger charge is -2.21. The fourth-order valence-electron chi connectivity index (χ4n) is 5.79. The molecule has 0 bridgehead atoms. The minimum atomic E-state index is -0.751. The molecule has 0 saturated carbocycles. The summed E-state index contributed by atoms with van der Waals surface area (Å²) in [5.74, 6) is 0.966. The van der Waals surface area contributed by atoms with E-state index in [0.29, 0.717) is 56.6 Å². The molecule has 2 aromatic heterocycles. The molecule has 2 heterocycles. The van der Waals surface area contributed by atoms with Crippen LogP contribution in [0.3, 0.4) is 0 Å². The topological polar surface area (TPSA) is 133 Å². The molecule has 13 heteroatoms. The molecule has 0 spiro atoms. The third kappa shape index (κ3) is 6.65. The Morgan fingerprint density at radius 1 is 0.740 bits per heavy atom. The summed E-state index contributed by atoms with van der Waals surface area (Å²) >= 11 is 0. The number of pyridine rings is 2. The summed E-state index contributed by atoms with van der Waals surface area (Å²) < 4.78 is 35.6. The van der Waals surface area contributed by atoms with Crippen molar-refractivity contribution in [3.63, 3.8) is 0 Å². The van der Waals surface area contributed by atoms with Crippen LogP contribution in [0.25, 0.3) is 38.5 Å². The lowest BCUT2D eigenvalue weighted by atomic mass is 9.95. The van der Waals surface area contributed by atoms with E-state index in [0.717, 1.165) is 16.5 Å². The van der Waals surface area contributed by atoms with Gasteiger partial charge < -0.3 is 34.2 Å². The van der Waals surface area contributed by atoms with Crippen LogP contribution in [0.15, 0.2) is 89.9 Å². The number of carbonyl (C=O) groups excluding carboxylic acids is 1. The molecule has 0 unspecified atom stereocenters. The number of halogens is 2. The molecular weight excluding hydrogens is 685 g/mol. The van der Waals surface area contributed by atoms with Crippen LogP contribution in [0.1, 0.15) is 16.1 Å². The number of ether oxygens (including phenoxy) is 6. The van der Waals surface area contributed by atoms with Gasteiger partial charge in [0.1, 0.15) is 12.3 Å². The normalized spacial score (nSPS) is 10.5. The van der Waals surface area contributed by atoms with E-state index in [1.165, 1.54) is 40.1 Å². The Bertz CT molecular complexity index is 2210. The van der Waals surface area contributed by atoms with Crippen LogP contribution < -0.4 is 35.0 Å². The van der Waals surface area contributed by atoms with Gasteiger partial charge in [-0.15, -0.1) is 24.8 Å². The number of benzene rings is 4. The van der Waals surface area contributed by atoms with Crippen molar-refractivity contribution >= 4 is 58.1 Å². The van der Waals surface area contributed by atoms with Crippen LogP contribution in [0, 0.1) is 0 Å². The number of nitrogen functional groups attached to an aromatic ring is 1. The summed E-state index contributed by atoms with van der Waals surface area (Å²) in [5, 5.41) is 1.59. The first-order valence-electron chi connectivity index (χ1n) is 14.8. The average Bonchev–Trinajstić information content (AvgIpc) is 3.13. The van der Waals surface area contributed by atoms with E-state index in [-0.39, 0.29) is 42.5 Å². The van der Waals surface area contributed by atoms with E-state index >= 15 is 0 Å². The van der Waals surface area contributed by atoms with E-state index in [1.54, 1.807) is 54.7 Å². The number of fused-ring (bicyclic) bond motifs is 2. The van der Waals surface area contributed by atoms with Gasteiger partial charge in [0.2, 0.25) is 5.75 Å². The van der Waals surface area contributed by atoms with Gasteiger partial charge >= 0.3 is 5.97 Å². The van der Waals surface area contributed by atoms with Crippen molar-refractivity contribution < 1.29 is 33.2 Å². The minimum Gasteiger partial charge on any atom is -0.493 e. The second kappa shape index (κ2) is 15.7. The Balaban J connectivity index is 0.00000281. The Morgan fingerprint density at radius 3 is 2.00 bits per heavy atom. The molecule has 0 aliphatic heterocycles. The number of hydrogen-bond acceptors (Lipinski definition) is 10. The van der Waals surface area contributed by atoms with Crippen molar-refractivity contribution in [1.82, 2.24) is 9.55 Å². The fraction of sp³-hybridized carbons (Fsp3) is 0.162. The zero-order valence-corrected chi connectivity index (χ0v) is 29.5. The molecule has 6 rings (SSSR count). The summed E-state index contributed by atoms with van der Waals surface area (Å²) in [6.07, 6.45) is 1.72. The predicted octanol–water partition coefficient (Wildman–Crippen LogP) is 7.03. The van der Waals surface area contributed by atoms with Gasteiger partial charge in [-0.25, -0.2) is 4.79 Å². The highest BCUT2D eigenvalue weighted by atomic mass is 35.5. The van der Waals surface area contributed by atoms with E-state index in [2.05, 4.69) is 4.98 Å². The van der Waals surface area contributed by atoms with Crippen molar-refractivity contribution in [3.05, 3.63) is 107 Å². The zero-order valence-electron chi connectivity index (χ0n) is 27.8. The maximum atomic E-state index is 14.5. The fourth-order valence-corrected chi connectivity index (χ4v) is 5.79. The van der Waals surface area contributed by atoms with Crippen molar-refractivity contribution in [1.29, 1.82) is 0 Å². The second-order valence-corrected chi connectivity index (χ2v) is 10.7. The van der Waals surface area contributed by atoms with Crippen LogP contribution in [0.5, 0.6) is 28.7 Å². The number of aromatic nitrogens is 2. The number of carbonyl (C=O) groups is 1. The first-order valence-corrected chi connectivity index (χ1v) is 14.8. The molecule has 2 N–H and O–H groups in total. The first-order chi connectivity index (χ1) is 23.3.